The molecule has 2 aliphatic rings. The number of likely N-dealkylation sites (N-methyl/N-ethyl adjacent to an activating group) is 1. The molecule has 1 heterocycles. The van der Waals surface area contributed by atoms with Gasteiger partial charge in [0.25, 0.3) is 5.91 Å². The van der Waals surface area contributed by atoms with Crippen molar-refractivity contribution >= 4 is 27.5 Å². The standard InChI is InChI=1S/C22H29NO6S/c1-2-23(19-11-12-30(27,28)15-19)21(25)14-29-22(26)10-9-20(24)18-8-7-16-5-3-4-6-17(16)13-18/h7-8,13,19H,2-6,9-12,14-15H2,1H3. The second-order valence-corrected chi connectivity index (χ2v) is 10.2. The summed E-state index contributed by atoms with van der Waals surface area (Å²) in [7, 11) is -3.11. The number of carbonyl (C=O) groups is 3. The molecule has 0 saturated carbocycles. The van der Waals surface area contributed by atoms with Crippen molar-refractivity contribution in [2.45, 2.75) is 57.9 Å². The zero-order chi connectivity index (χ0) is 21.7. The lowest BCUT2D eigenvalue weighted by molar-refractivity contribution is -0.152. The molecule has 30 heavy (non-hydrogen) atoms. The van der Waals surface area contributed by atoms with Crippen LogP contribution in [-0.2, 0) is 37.0 Å². The Bertz CT molecular complexity index is 924. The largest absolute Gasteiger partial charge is 0.456 e. The van der Waals surface area contributed by atoms with Crippen LogP contribution in [0.4, 0.5) is 0 Å². The van der Waals surface area contributed by atoms with Gasteiger partial charge >= 0.3 is 5.97 Å². The summed E-state index contributed by atoms with van der Waals surface area (Å²) in [6, 6.07) is 5.38. The fourth-order valence-electron chi connectivity index (χ4n) is 4.22. The van der Waals surface area contributed by atoms with Gasteiger partial charge in [-0.15, -0.1) is 0 Å². The summed E-state index contributed by atoms with van der Waals surface area (Å²) in [6.45, 7) is 1.69. The third-order valence-corrected chi connectivity index (χ3v) is 7.64. The molecule has 1 saturated heterocycles. The van der Waals surface area contributed by atoms with E-state index >= 15 is 0 Å². The summed E-state index contributed by atoms with van der Waals surface area (Å²) in [5, 5.41) is 0. The number of sulfone groups is 1. The molecule has 1 fully saturated rings. The van der Waals surface area contributed by atoms with Crippen LogP contribution in [0.25, 0.3) is 0 Å². The maximum absolute atomic E-state index is 12.4. The fraction of sp³-hybridized carbons (Fsp3) is 0.591. The number of hydrogen-bond donors (Lipinski definition) is 0. The number of ether oxygens (including phenoxy) is 1. The van der Waals surface area contributed by atoms with Crippen molar-refractivity contribution in [2.75, 3.05) is 24.7 Å². The van der Waals surface area contributed by atoms with Gasteiger partial charge in [-0.05, 0) is 56.2 Å². The Kier molecular flexibility index (Phi) is 7.28. The molecule has 1 aromatic carbocycles. The first-order valence-corrected chi connectivity index (χ1v) is 12.4. The van der Waals surface area contributed by atoms with Crippen molar-refractivity contribution < 1.29 is 27.5 Å². The molecule has 1 atom stereocenters. The van der Waals surface area contributed by atoms with E-state index in [4.69, 9.17) is 4.74 Å². The average molecular weight is 436 g/mol. The van der Waals surface area contributed by atoms with Crippen LogP contribution in [0, 0.1) is 0 Å². The third-order valence-electron chi connectivity index (χ3n) is 5.89. The molecule has 0 spiro atoms. The molecule has 1 amide bonds. The molecule has 0 bridgehead atoms. The zero-order valence-electron chi connectivity index (χ0n) is 17.4. The van der Waals surface area contributed by atoms with Gasteiger partial charge in [-0.2, -0.15) is 0 Å². The molecule has 0 N–H and O–H groups in total. The predicted octanol–water partition coefficient (Wildman–Crippen LogP) is 2.11. The summed E-state index contributed by atoms with van der Waals surface area (Å²) >= 11 is 0. The number of esters is 1. The minimum atomic E-state index is -3.11. The van der Waals surface area contributed by atoms with Crippen LogP contribution in [0.5, 0.6) is 0 Å². The Morgan fingerprint density at radius 1 is 1.10 bits per heavy atom. The first-order valence-electron chi connectivity index (χ1n) is 10.6. The van der Waals surface area contributed by atoms with Crippen molar-refractivity contribution in [3.8, 4) is 0 Å². The number of Topliss-reactive ketones (excluding diaryl/α,β-unsaturated/α-hetero) is 1. The summed E-state index contributed by atoms with van der Waals surface area (Å²) in [6.07, 6.45) is 4.69. The summed E-state index contributed by atoms with van der Waals surface area (Å²) in [5.41, 5.74) is 3.12. The number of aryl methyl sites for hydroxylation is 2. The molecule has 0 radical (unpaired) electrons. The van der Waals surface area contributed by atoms with Crippen molar-refractivity contribution in [3.63, 3.8) is 0 Å². The van der Waals surface area contributed by atoms with Crippen LogP contribution < -0.4 is 0 Å². The summed E-state index contributed by atoms with van der Waals surface area (Å²) < 4.78 is 28.3. The molecule has 3 rings (SSSR count). The number of ketones is 1. The van der Waals surface area contributed by atoms with Crippen molar-refractivity contribution in [1.82, 2.24) is 4.90 Å². The quantitative estimate of drug-likeness (QED) is 0.458. The fourth-order valence-corrected chi connectivity index (χ4v) is 5.95. The second kappa shape index (κ2) is 9.73. The van der Waals surface area contributed by atoms with Gasteiger partial charge in [0.1, 0.15) is 0 Å². The Hall–Kier alpha value is -2.22. The van der Waals surface area contributed by atoms with Crippen molar-refractivity contribution in [3.05, 3.63) is 34.9 Å². The van der Waals surface area contributed by atoms with Gasteiger partial charge in [-0.25, -0.2) is 8.42 Å². The Labute approximate surface area is 177 Å². The van der Waals surface area contributed by atoms with Crippen molar-refractivity contribution in [2.24, 2.45) is 0 Å². The minimum Gasteiger partial charge on any atom is -0.456 e. The number of amides is 1. The van der Waals surface area contributed by atoms with Gasteiger partial charge in [0, 0.05) is 24.6 Å². The van der Waals surface area contributed by atoms with E-state index in [1.54, 1.807) is 6.92 Å². The topological polar surface area (TPSA) is 97.8 Å². The van der Waals surface area contributed by atoms with E-state index in [1.165, 1.54) is 22.4 Å². The smallest absolute Gasteiger partial charge is 0.306 e. The molecule has 8 heteroatoms. The molecule has 1 unspecified atom stereocenters. The van der Waals surface area contributed by atoms with E-state index in [0.717, 1.165) is 19.3 Å². The summed E-state index contributed by atoms with van der Waals surface area (Å²) in [4.78, 5) is 38.2. The lowest BCUT2D eigenvalue weighted by Gasteiger charge is -2.26. The lowest BCUT2D eigenvalue weighted by atomic mass is 9.89. The minimum absolute atomic E-state index is 0.0319. The molecular formula is C22H29NO6S. The highest BCUT2D eigenvalue weighted by atomic mass is 32.2. The van der Waals surface area contributed by atoms with Crippen LogP contribution in [0.15, 0.2) is 18.2 Å². The van der Waals surface area contributed by atoms with Crippen molar-refractivity contribution in [1.29, 1.82) is 0 Å². The highest BCUT2D eigenvalue weighted by molar-refractivity contribution is 7.91. The van der Waals surface area contributed by atoms with E-state index in [1.807, 2.05) is 18.2 Å². The Morgan fingerprint density at radius 2 is 1.83 bits per heavy atom. The van der Waals surface area contributed by atoms with Gasteiger partial charge in [-0.1, -0.05) is 12.1 Å². The van der Waals surface area contributed by atoms with Gasteiger partial charge in [0.05, 0.1) is 17.9 Å². The molecule has 1 aliphatic carbocycles. The normalized spacial score (nSPS) is 19.7. The van der Waals surface area contributed by atoms with Gasteiger partial charge in [0.2, 0.25) is 0 Å². The van der Waals surface area contributed by atoms with Gasteiger partial charge < -0.3 is 9.64 Å². The molecule has 1 aliphatic heterocycles. The highest BCUT2D eigenvalue weighted by Gasteiger charge is 2.34. The van der Waals surface area contributed by atoms with E-state index in [2.05, 4.69) is 0 Å². The molecule has 7 nitrogen and oxygen atoms in total. The second-order valence-electron chi connectivity index (χ2n) is 8.01. The van der Waals surface area contributed by atoms with Crippen LogP contribution in [-0.4, -0.2) is 61.7 Å². The number of benzene rings is 1. The average Bonchev–Trinajstić information content (AvgIpc) is 3.09. The first-order chi connectivity index (χ1) is 14.3. The van der Waals surface area contributed by atoms with E-state index < -0.39 is 28.3 Å². The molecule has 0 aromatic heterocycles. The predicted molar refractivity (Wildman–Crippen MR) is 112 cm³/mol. The number of fused-ring (bicyclic) bond motifs is 1. The highest BCUT2D eigenvalue weighted by Crippen LogP contribution is 2.23. The molecule has 164 valence electrons. The zero-order valence-corrected chi connectivity index (χ0v) is 18.2. The Morgan fingerprint density at radius 3 is 2.50 bits per heavy atom. The first kappa shape index (κ1) is 22.5. The van der Waals surface area contributed by atoms with Crippen LogP contribution in [0.3, 0.4) is 0 Å². The lowest BCUT2D eigenvalue weighted by Crippen LogP contribution is -2.43. The summed E-state index contributed by atoms with van der Waals surface area (Å²) in [5.74, 6) is -1.10. The van der Waals surface area contributed by atoms with E-state index in [-0.39, 0.29) is 36.2 Å². The third kappa shape index (κ3) is 5.68. The van der Waals surface area contributed by atoms with Crippen LogP contribution in [0.2, 0.25) is 0 Å². The molecular weight excluding hydrogens is 406 g/mol. The SMILES string of the molecule is CCN(C(=O)COC(=O)CCC(=O)c1ccc2c(c1)CCCC2)C1CCS(=O)(=O)C1. The number of carbonyl (C=O) groups excluding carboxylic acids is 3. The van der Waals surface area contributed by atoms with Crippen LogP contribution >= 0.6 is 0 Å². The number of nitrogens with zero attached hydrogens (tertiary/aromatic N) is 1. The van der Waals surface area contributed by atoms with E-state index in [0.29, 0.717) is 18.5 Å². The maximum atomic E-state index is 12.4. The number of hydrogen-bond acceptors (Lipinski definition) is 6. The Balaban J connectivity index is 1.45. The van der Waals surface area contributed by atoms with E-state index in [9.17, 15) is 22.8 Å². The molecule has 1 aromatic rings. The maximum Gasteiger partial charge on any atom is 0.306 e. The van der Waals surface area contributed by atoms with Crippen LogP contribution in [0.1, 0.15) is 60.5 Å². The van der Waals surface area contributed by atoms with Gasteiger partial charge in [0.15, 0.2) is 22.2 Å². The van der Waals surface area contributed by atoms with Gasteiger partial charge in [-0.3, -0.25) is 14.4 Å². The number of rotatable bonds is 8. The monoisotopic (exact) mass is 435 g/mol.